The normalized spacial score (nSPS) is 13.7. The lowest BCUT2D eigenvalue weighted by molar-refractivity contribution is 0.780. The van der Waals surface area contributed by atoms with Crippen molar-refractivity contribution in [3.05, 3.63) is 273 Å². The maximum Gasteiger partial charge on any atom is 0.179 e. The smallest absolute Gasteiger partial charge is 0.179 e. The Balaban J connectivity index is 0.964. The molecule has 328 valence electrons. The van der Waals surface area contributed by atoms with Crippen molar-refractivity contribution >= 4 is 94.2 Å². The van der Waals surface area contributed by atoms with Gasteiger partial charge in [-0.1, -0.05) is 188 Å². The van der Waals surface area contributed by atoms with E-state index in [9.17, 15) is 0 Å². The molecule has 0 saturated heterocycles. The van der Waals surface area contributed by atoms with Crippen LogP contribution in [-0.4, -0.2) is 21.8 Å². The van der Waals surface area contributed by atoms with E-state index in [1.165, 1.54) is 103 Å². The number of rotatable bonds is 8. The molecule has 3 aromatic heterocycles. The van der Waals surface area contributed by atoms with Crippen LogP contribution in [0.4, 0.5) is 0 Å². The number of fused-ring (bicyclic) bond motifs is 9. The van der Waals surface area contributed by atoms with Gasteiger partial charge in [-0.3, -0.25) is 0 Å². The molecule has 10 aromatic carbocycles. The molecule has 0 radical (unpaired) electrons. The van der Waals surface area contributed by atoms with Gasteiger partial charge in [-0.2, -0.15) is 0 Å². The van der Waals surface area contributed by atoms with Crippen LogP contribution in [0.25, 0.3) is 87.9 Å². The fourth-order valence-corrected chi connectivity index (χ4v) is 16.6. The Kier molecular flexibility index (Phi) is 9.25. The molecule has 14 rings (SSSR count). The van der Waals surface area contributed by atoms with Crippen LogP contribution in [0, 0.1) is 0 Å². The van der Waals surface area contributed by atoms with Crippen LogP contribution in [0.5, 0.6) is 0 Å². The van der Waals surface area contributed by atoms with Crippen molar-refractivity contribution in [2.75, 3.05) is 0 Å². The molecular weight excluding hydrogens is 863 g/mol. The Labute approximate surface area is 407 Å². The third-order valence-electron chi connectivity index (χ3n) is 14.9. The van der Waals surface area contributed by atoms with E-state index in [1.54, 1.807) is 0 Å². The van der Waals surface area contributed by atoms with E-state index >= 15 is 0 Å². The van der Waals surface area contributed by atoms with Gasteiger partial charge in [0, 0.05) is 49.2 Å². The van der Waals surface area contributed by atoms with Gasteiger partial charge in [0.25, 0.3) is 0 Å². The highest BCUT2D eigenvalue weighted by molar-refractivity contribution is 7.19. The molecule has 0 spiro atoms. The van der Waals surface area contributed by atoms with E-state index in [1.807, 2.05) is 6.08 Å². The van der Waals surface area contributed by atoms with E-state index in [0.717, 1.165) is 5.69 Å². The first-order chi connectivity index (χ1) is 34.7. The molecule has 1 unspecified atom stereocenters. The summed E-state index contributed by atoms with van der Waals surface area (Å²) in [6.45, 7) is 0. The van der Waals surface area contributed by atoms with Crippen LogP contribution in [0.1, 0.15) is 6.04 Å². The first-order valence-electron chi connectivity index (χ1n) is 24.2. The van der Waals surface area contributed by atoms with E-state index in [0.29, 0.717) is 0 Å². The summed E-state index contributed by atoms with van der Waals surface area (Å²) in [6, 6.07) is 90.7. The van der Waals surface area contributed by atoms with Crippen molar-refractivity contribution in [3.8, 4) is 22.5 Å². The van der Waals surface area contributed by atoms with Gasteiger partial charge < -0.3 is 13.7 Å². The maximum atomic E-state index is 3.36. The predicted molar refractivity (Wildman–Crippen MR) is 298 cm³/mol. The quantitative estimate of drug-likeness (QED) is 0.0820. The highest BCUT2D eigenvalue weighted by Gasteiger charge is 2.41. The number of hydrogen-bond donors (Lipinski definition) is 0. The molecule has 0 N–H and O–H groups in total. The zero-order valence-corrected chi connectivity index (χ0v) is 39.3. The lowest BCUT2D eigenvalue weighted by Gasteiger charge is -2.35. The van der Waals surface area contributed by atoms with Gasteiger partial charge in [-0.25, -0.2) is 0 Å². The topological polar surface area (TPSA) is 14.8 Å². The highest BCUT2D eigenvalue weighted by Crippen LogP contribution is 2.40. The molecule has 1 aliphatic carbocycles. The van der Waals surface area contributed by atoms with Gasteiger partial charge in [0.1, 0.15) is 0 Å². The largest absolute Gasteiger partial charge is 0.329 e. The van der Waals surface area contributed by atoms with Crippen LogP contribution in [0.2, 0.25) is 0 Å². The first kappa shape index (κ1) is 40.2. The standard InChI is InChI=1S/C66H45N3Si/c1-5-20-48(21-6-1)67-61-33-16-13-30-55(61)58-42-47(38-41-64(58)67)46-36-39-53(40-37-46)70(51-25-9-3-10-26-51,52-27-11-4-12-28-52)54-29-19-24-50(43-54)69-63-35-18-15-32-57(63)60-44-65-59(45-66(60)69)56-31-14-17-34-62(56)68(65)49-22-7-2-8-23-49/h1-7,9-45,49H. The number of benzene rings is 10. The molecule has 1 atom stereocenters. The monoisotopic (exact) mass is 907 g/mol. The molecule has 0 saturated carbocycles. The molecule has 70 heavy (non-hydrogen) atoms. The minimum Gasteiger partial charge on any atom is -0.329 e. The highest BCUT2D eigenvalue weighted by atomic mass is 28.3. The van der Waals surface area contributed by atoms with Crippen LogP contribution >= 0.6 is 0 Å². The van der Waals surface area contributed by atoms with Gasteiger partial charge in [-0.05, 0) is 111 Å². The van der Waals surface area contributed by atoms with Crippen molar-refractivity contribution in [2.24, 2.45) is 0 Å². The number of aromatic nitrogens is 3. The average molecular weight is 908 g/mol. The minimum atomic E-state index is -2.95. The van der Waals surface area contributed by atoms with Crippen LogP contribution < -0.4 is 20.7 Å². The molecule has 0 bridgehead atoms. The second kappa shape index (κ2) is 16.1. The summed E-state index contributed by atoms with van der Waals surface area (Å²) in [5.74, 6) is 0. The maximum absolute atomic E-state index is 3.36. The summed E-state index contributed by atoms with van der Waals surface area (Å²) in [4.78, 5) is 0. The van der Waals surface area contributed by atoms with Crippen LogP contribution in [-0.2, 0) is 0 Å². The summed E-state index contributed by atoms with van der Waals surface area (Å²) in [5, 5.41) is 12.9. The molecule has 3 heterocycles. The molecule has 0 aliphatic heterocycles. The SMILES string of the molecule is C1=CC=CC(n2c3ccccc3c3cc4c(cc32)c2ccccc2n4-c2cccc([Si](c3ccccc3)(c3ccccc3)c3ccc(-c4ccc5c(c4)c4ccccc4n5-c4ccccc4)cc3)c2)C=1. The number of allylic oxidation sites excluding steroid dienone is 3. The Bertz CT molecular complexity index is 4220. The fraction of sp³-hybridized carbons (Fsp3) is 0.0152. The van der Waals surface area contributed by atoms with E-state index in [2.05, 4.69) is 280 Å². The molecular formula is C66H45N3Si. The molecule has 3 nitrogen and oxygen atoms in total. The summed E-state index contributed by atoms with van der Waals surface area (Å²) in [6.07, 6.45) is 8.52. The van der Waals surface area contributed by atoms with E-state index < -0.39 is 8.07 Å². The summed E-state index contributed by atoms with van der Waals surface area (Å²) in [5.41, 5.74) is 15.3. The summed E-state index contributed by atoms with van der Waals surface area (Å²) < 4.78 is 7.36. The molecule has 1 aliphatic rings. The zero-order valence-electron chi connectivity index (χ0n) is 38.3. The van der Waals surface area contributed by atoms with Gasteiger partial charge >= 0.3 is 0 Å². The number of hydrogen-bond acceptors (Lipinski definition) is 0. The lowest BCUT2D eigenvalue weighted by atomic mass is 10.0. The van der Waals surface area contributed by atoms with Crippen molar-refractivity contribution in [1.29, 1.82) is 0 Å². The Morgan fingerprint density at radius 1 is 0.329 bits per heavy atom. The predicted octanol–water partition coefficient (Wildman–Crippen LogP) is 13.9. The number of nitrogens with zero attached hydrogens (tertiary/aromatic N) is 3. The van der Waals surface area contributed by atoms with Crippen molar-refractivity contribution in [3.63, 3.8) is 0 Å². The minimum absolute atomic E-state index is 0.0785. The van der Waals surface area contributed by atoms with E-state index in [-0.39, 0.29) is 6.04 Å². The van der Waals surface area contributed by atoms with Crippen molar-refractivity contribution < 1.29 is 0 Å². The Hall–Kier alpha value is -8.92. The second-order valence-electron chi connectivity index (χ2n) is 18.5. The second-order valence-corrected chi connectivity index (χ2v) is 22.3. The number of para-hydroxylation sites is 4. The molecule has 0 amide bonds. The lowest BCUT2D eigenvalue weighted by Crippen LogP contribution is -2.74. The Morgan fingerprint density at radius 2 is 0.814 bits per heavy atom. The third kappa shape index (κ3) is 6.08. The van der Waals surface area contributed by atoms with Crippen molar-refractivity contribution in [1.82, 2.24) is 13.7 Å². The third-order valence-corrected chi connectivity index (χ3v) is 19.6. The van der Waals surface area contributed by atoms with E-state index in [4.69, 9.17) is 0 Å². The summed E-state index contributed by atoms with van der Waals surface area (Å²) >= 11 is 0. The fourth-order valence-electron chi connectivity index (χ4n) is 11.8. The van der Waals surface area contributed by atoms with Gasteiger partial charge in [0.15, 0.2) is 8.07 Å². The van der Waals surface area contributed by atoms with Crippen LogP contribution in [0.3, 0.4) is 0 Å². The zero-order chi connectivity index (χ0) is 46.2. The molecule has 0 fully saturated rings. The van der Waals surface area contributed by atoms with Gasteiger partial charge in [0.05, 0.1) is 33.6 Å². The van der Waals surface area contributed by atoms with Crippen LogP contribution in [0.15, 0.2) is 273 Å². The summed E-state index contributed by atoms with van der Waals surface area (Å²) in [7, 11) is -2.95. The van der Waals surface area contributed by atoms with Gasteiger partial charge in [0.2, 0.25) is 0 Å². The average Bonchev–Trinajstić information content (AvgIpc) is 4.07. The molecule has 4 heteroatoms. The Morgan fingerprint density at radius 3 is 1.47 bits per heavy atom. The first-order valence-corrected chi connectivity index (χ1v) is 26.2. The molecule has 13 aromatic rings. The van der Waals surface area contributed by atoms with Crippen molar-refractivity contribution in [2.45, 2.75) is 6.04 Å². The van der Waals surface area contributed by atoms with Gasteiger partial charge in [-0.15, -0.1) is 5.73 Å².